The molecule has 3 N–H and O–H groups in total. The van der Waals surface area contributed by atoms with Gasteiger partial charge in [-0.2, -0.15) is 4.72 Å². The monoisotopic (exact) mass is 274 g/mol. The maximum atomic E-state index is 11.8. The summed E-state index contributed by atoms with van der Waals surface area (Å²) in [5.41, 5.74) is 1.37. The number of carbonyl (C=O) groups is 1. The highest BCUT2D eigenvalue weighted by Gasteiger charge is 2.21. The number of methoxy groups -OCH3 is 1. The molecule has 7 nitrogen and oxygen atoms in total. The van der Waals surface area contributed by atoms with Crippen LogP contribution in [0.1, 0.15) is 6.92 Å². The molecular weight excluding hydrogens is 260 g/mol. The molecule has 1 aromatic rings. The third kappa shape index (κ3) is 3.42. The van der Waals surface area contributed by atoms with Gasteiger partial charge in [0.25, 0.3) is 5.91 Å². The predicted octanol–water partition coefficient (Wildman–Crippen LogP) is -0.133. The molecule has 0 unspecified atom stereocenters. The van der Waals surface area contributed by atoms with Crippen LogP contribution in [0.3, 0.4) is 0 Å². The lowest BCUT2D eigenvalue weighted by atomic mass is 10.3. The molecule has 0 aliphatic heterocycles. The van der Waals surface area contributed by atoms with Gasteiger partial charge in [0.15, 0.2) is 0 Å². The molecule has 1 amide bonds. The lowest BCUT2D eigenvalue weighted by Crippen LogP contribution is -2.43. The van der Waals surface area contributed by atoms with Crippen LogP contribution in [0, 0.1) is 0 Å². The fourth-order valence-corrected chi connectivity index (χ4v) is 2.41. The van der Waals surface area contributed by atoms with Crippen molar-refractivity contribution in [2.45, 2.75) is 17.9 Å². The zero-order valence-electron chi connectivity index (χ0n) is 9.88. The van der Waals surface area contributed by atoms with Crippen molar-refractivity contribution in [3.05, 3.63) is 24.3 Å². The van der Waals surface area contributed by atoms with E-state index in [1.807, 2.05) is 0 Å². The molecule has 0 saturated heterocycles. The van der Waals surface area contributed by atoms with Crippen LogP contribution in [0.5, 0.6) is 5.75 Å². The Balaban J connectivity index is 2.89. The third-order valence-corrected chi connectivity index (χ3v) is 3.76. The van der Waals surface area contributed by atoms with E-state index in [-0.39, 0.29) is 4.90 Å². The number of nitrogens with one attached hydrogen (secondary N) is 2. The Bertz CT molecular complexity index is 512. The topological polar surface area (TPSA) is 105 Å². The first-order chi connectivity index (χ1) is 8.40. The number of hydrogen-bond donors (Lipinski definition) is 3. The maximum Gasteiger partial charge on any atom is 0.261 e. The standard InChI is InChI=1S/C10H14N2O5S/c1-7(10(13)11-14)12-18(15,16)9-5-3-8(17-2)4-6-9/h3-7,12,14H,1-2H3,(H,11,13)/t7-/m1/s1. The summed E-state index contributed by atoms with van der Waals surface area (Å²) in [6.45, 7) is 1.31. The van der Waals surface area contributed by atoms with Crippen LogP contribution in [0.2, 0.25) is 0 Å². The first-order valence-electron chi connectivity index (χ1n) is 5.01. The summed E-state index contributed by atoms with van der Waals surface area (Å²) in [5.74, 6) is -0.317. The minimum absolute atomic E-state index is 0.000824. The summed E-state index contributed by atoms with van der Waals surface area (Å²) >= 11 is 0. The normalized spacial score (nSPS) is 12.8. The number of hydroxylamine groups is 1. The molecule has 1 rings (SSSR count). The lowest BCUT2D eigenvalue weighted by Gasteiger charge is -2.12. The molecule has 1 aromatic carbocycles. The highest BCUT2D eigenvalue weighted by molar-refractivity contribution is 7.89. The van der Waals surface area contributed by atoms with Gasteiger partial charge in [0, 0.05) is 0 Å². The zero-order chi connectivity index (χ0) is 13.8. The summed E-state index contributed by atoms with van der Waals surface area (Å²) in [4.78, 5) is 11.0. The van der Waals surface area contributed by atoms with E-state index in [1.54, 1.807) is 0 Å². The third-order valence-electron chi connectivity index (χ3n) is 2.21. The first kappa shape index (κ1) is 14.4. The molecule has 8 heteroatoms. The Morgan fingerprint density at radius 1 is 1.33 bits per heavy atom. The number of hydrogen-bond acceptors (Lipinski definition) is 5. The van der Waals surface area contributed by atoms with Gasteiger partial charge in [-0.3, -0.25) is 10.0 Å². The van der Waals surface area contributed by atoms with E-state index in [1.165, 1.54) is 43.8 Å². The Morgan fingerprint density at radius 3 is 2.33 bits per heavy atom. The van der Waals surface area contributed by atoms with Crippen molar-refractivity contribution >= 4 is 15.9 Å². The van der Waals surface area contributed by atoms with E-state index in [9.17, 15) is 13.2 Å². The average molecular weight is 274 g/mol. The van der Waals surface area contributed by atoms with Gasteiger partial charge in [-0.05, 0) is 31.2 Å². The van der Waals surface area contributed by atoms with Gasteiger partial charge in [0.05, 0.1) is 12.0 Å². The number of carbonyl (C=O) groups excluding carboxylic acids is 1. The Labute approximate surface area is 105 Å². The van der Waals surface area contributed by atoms with Gasteiger partial charge in [-0.15, -0.1) is 0 Å². The van der Waals surface area contributed by atoms with E-state index in [0.29, 0.717) is 5.75 Å². The second-order valence-corrected chi connectivity index (χ2v) is 5.21. The first-order valence-corrected chi connectivity index (χ1v) is 6.49. The molecule has 1 atom stereocenters. The van der Waals surface area contributed by atoms with Gasteiger partial charge < -0.3 is 4.74 Å². The molecule has 0 radical (unpaired) electrons. The van der Waals surface area contributed by atoms with Crippen molar-refractivity contribution in [1.29, 1.82) is 0 Å². The van der Waals surface area contributed by atoms with Crippen LogP contribution in [0.4, 0.5) is 0 Å². The Kier molecular flexibility index (Phi) is 4.65. The summed E-state index contributed by atoms with van der Waals surface area (Å²) in [5, 5.41) is 8.39. The molecule has 18 heavy (non-hydrogen) atoms. The van der Waals surface area contributed by atoms with E-state index in [0.717, 1.165) is 0 Å². The van der Waals surface area contributed by atoms with Gasteiger partial charge in [-0.1, -0.05) is 0 Å². The largest absolute Gasteiger partial charge is 0.497 e. The van der Waals surface area contributed by atoms with Crippen LogP contribution < -0.4 is 14.9 Å². The Morgan fingerprint density at radius 2 is 1.89 bits per heavy atom. The van der Waals surface area contributed by atoms with Gasteiger partial charge in [0.2, 0.25) is 10.0 Å². The van der Waals surface area contributed by atoms with Crippen LogP contribution in [-0.4, -0.2) is 32.7 Å². The molecule has 0 heterocycles. The summed E-state index contributed by atoms with van der Waals surface area (Å²) < 4.78 is 30.7. The minimum Gasteiger partial charge on any atom is -0.497 e. The molecule has 0 fully saturated rings. The summed E-state index contributed by atoms with van der Waals surface area (Å²) in [6.07, 6.45) is 0. The molecule has 0 saturated carbocycles. The molecule has 0 aliphatic rings. The van der Waals surface area contributed by atoms with Crippen molar-refractivity contribution in [2.24, 2.45) is 0 Å². The molecule has 0 aromatic heterocycles. The number of ether oxygens (including phenoxy) is 1. The van der Waals surface area contributed by atoms with Crippen molar-refractivity contribution < 1.29 is 23.2 Å². The van der Waals surface area contributed by atoms with Crippen molar-refractivity contribution in [2.75, 3.05) is 7.11 Å². The SMILES string of the molecule is COc1ccc(S(=O)(=O)N[C@H](C)C(=O)NO)cc1. The Hall–Kier alpha value is -1.64. The van der Waals surface area contributed by atoms with Crippen LogP contribution >= 0.6 is 0 Å². The second kappa shape index (κ2) is 5.80. The van der Waals surface area contributed by atoms with Crippen molar-refractivity contribution in [3.8, 4) is 5.75 Å². The van der Waals surface area contributed by atoms with E-state index >= 15 is 0 Å². The fourth-order valence-electron chi connectivity index (χ4n) is 1.21. The van der Waals surface area contributed by atoms with Crippen LogP contribution in [0.15, 0.2) is 29.2 Å². The molecule has 0 bridgehead atoms. The summed E-state index contributed by atoms with van der Waals surface area (Å²) in [7, 11) is -2.35. The number of sulfonamides is 1. The predicted molar refractivity (Wildman–Crippen MR) is 62.7 cm³/mol. The smallest absolute Gasteiger partial charge is 0.261 e. The quantitative estimate of drug-likeness (QED) is 0.512. The second-order valence-electron chi connectivity index (χ2n) is 3.49. The number of rotatable bonds is 5. The van der Waals surface area contributed by atoms with Gasteiger partial charge in [0.1, 0.15) is 11.8 Å². The molecule has 0 spiro atoms. The highest BCUT2D eigenvalue weighted by Crippen LogP contribution is 2.15. The lowest BCUT2D eigenvalue weighted by molar-refractivity contribution is -0.130. The van der Waals surface area contributed by atoms with Crippen LogP contribution in [-0.2, 0) is 14.8 Å². The van der Waals surface area contributed by atoms with Gasteiger partial charge in [-0.25, -0.2) is 13.9 Å². The zero-order valence-corrected chi connectivity index (χ0v) is 10.7. The maximum absolute atomic E-state index is 11.8. The fraction of sp³-hybridized carbons (Fsp3) is 0.300. The van der Waals surface area contributed by atoms with E-state index < -0.39 is 22.0 Å². The highest BCUT2D eigenvalue weighted by atomic mass is 32.2. The van der Waals surface area contributed by atoms with E-state index in [4.69, 9.17) is 9.94 Å². The summed E-state index contributed by atoms with van der Waals surface area (Å²) in [6, 6.07) is 4.61. The number of amides is 1. The molecule has 0 aliphatic carbocycles. The average Bonchev–Trinajstić information content (AvgIpc) is 2.37. The molecule has 100 valence electrons. The van der Waals surface area contributed by atoms with Crippen LogP contribution in [0.25, 0.3) is 0 Å². The molecular formula is C10H14N2O5S. The number of benzene rings is 1. The van der Waals surface area contributed by atoms with Gasteiger partial charge >= 0.3 is 0 Å². The van der Waals surface area contributed by atoms with E-state index in [2.05, 4.69) is 4.72 Å². The van der Waals surface area contributed by atoms with Crippen molar-refractivity contribution in [1.82, 2.24) is 10.2 Å². The van der Waals surface area contributed by atoms with Crippen molar-refractivity contribution in [3.63, 3.8) is 0 Å². The minimum atomic E-state index is -3.82.